The summed E-state index contributed by atoms with van der Waals surface area (Å²) in [4.78, 5) is 12.9. The predicted molar refractivity (Wildman–Crippen MR) is 118 cm³/mol. The first-order chi connectivity index (χ1) is 17.4. The van der Waals surface area contributed by atoms with E-state index in [1.807, 2.05) is 0 Å². The summed E-state index contributed by atoms with van der Waals surface area (Å²) < 4.78 is 59.8. The summed E-state index contributed by atoms with van der Waals surface area (Å²) in [5.41, 5.74) is 1.39. The van der Waals surface area contributed by atoms with Gasteiger partial charge in [-0.25, -0.2) is 27.5 Å². The van der Waals surface area contributed by atoms with Gasteiger partial charge in [0.2, 0.25) is 5.89 Å². The van der Waals surface area contributed by atoms with Gasteiger partial charge in [-0.1, -0.05) is 6.07 Å². The van der Waals surface area contributed by atoms with E-state index in [-0.39, 0.29) is 34.5 Å². The average molecular weight is 497 g/mol. The zero-order valence-electron chi connectivity index (χ0n) is 18.7. The monoisotopic (exact) mass is 497 g/mol. The Labute approximate surface area is 202 Å². The fourth-order valence-electron chi connectivity index (χ4n) is 5.36. The van der Waals surface area contributed by atoms with Crippen LogP contribution in [0.3, 0.4) is 0 Å². The van der Waals surface area contributed by atoms with Gasteiger partial charge in [-0.2, -0.15) is 5.10 Å². The number of aliphatic hydroxyl groups excluding tert-OH is 1. The van der Waals surface area contributed by atoms with Gasteiger partial charge in [-0.3, -0.25) is 4.98 Å². The molecule has 36 heavy (non-hydrogen) atoms. The minimum absolute atomic E-state index is 0.0448. The van der Waals surface area contributed by atoms with Gasteiger partial charge in [0.15, 0.2) is 6.10 Å². The molecule has 0 spiro atoms. The summed E-state index contributed by atoms with van der Waals surface area (Å²) in [6, 6.07) is 5.38. The molecule has 0 aliphatic heterocycles. The molecule has 3 aromatic heterocycles. The van der Waals surface area contributed by atoms with Crippen LogP contribution in [0.15, 0.2) is 47.3 Å². The molecule has 1 aromatic carbocycles. The van der Waals surface area contributed by atoms with Crippen molar-refractivity contribution >= 4 is 0 Å². The Bertz CT molecular complexity index is 1430. The lowest BCUT2D eigenvalue weighted by Crippen LogP contribution is -2.41. The van der Waals surface area contributed by atoms with Crippen LogP contribution in [0.5, 0.6) is 0 Å². The highest BCUT2D eigenvalue weighted by Crippen LogP contribution is 2.55. The number of aromatic nitrogens is 5. The first-order valence-electron chi connectivity index (χ1n) is 11.4. The van der Waals surface area contributed by atoms with Gasteiger partial charge in [0.05, 0.1) is 34.3 Å². The van der Waals surface area contributed by atoms with E-state index < -0.39 is 29.6 Å². The standard InChI is InChI=1S/C25H19F4N5O2/c26-14-2-1-3-15(27)20(14)16-8-13-12-4-6-25(7-5-12,22(13)34-33-16)19-10-30-9-17(31-19)24-32-18(11-36-24)21(35)23(28)29/h1-3,8-12,21,23,35H,4-7H2/t12?,21-,25?/m1/s1. The van der Waals surface area contributed by atoms with Crippen LogP contribution >= 0.6 is 0 Å². The van der Waals surface area contributed by atoms with Crippen LogP contribution in [0.1, 0.15) is 60.4 Å². The molecular formula is C25H19F4N5O2. The summed E-state index contributed by atoms with van der Waals surface area (Å²) in [7, 11) is 0. The fraction of sp³-hybridized carbons (Fsp3) is 0.320. The van der Waals surface area contributed by atoms with Crippen molar-refractivity contribution in [2.45, 2.75) is 49.5 Å². The molecule has 1 saturated carbocycles. The van der Waals surface area contributed by atoms with E-state index in [2.05, 4.69) is 25.1 Å². The Morgan fingerprint density at radius 1 is 1.00 bits per heavy atom. The summed E-state index contributed by atoms with van der Waals surface area (Å²) in [6.07, 6.45) is 2.02. The molecule has 3 aliphatic rings. The van der Waals surface area contributed by atoms with Gasteiger partial charge in [-0.05, 0) is 55.4 Å². The molecular weight excluding hydrogens is 478 g/mol. The van der Waals surface area contributed by atoms with E-state index in [9.17, 15) is 22.7 Å². The van der Waals surface area contributed by atoms with Gasteiger partial charge in [-0.15, -0.1) is 5.10 Å². The minimum Gasteiger partial charge on any atom is -0.443 e. The number of nitrogens with zero attached hydrogens (tertiary/aromatic N) is 5. The van der Waals surface area contributed by atoms with Gasteiger partial charge in [0, 0.05) is 6.20 Å². The molecule has 1 atom stereocenters. The van der Waals surface area contributed by atoms with Crippen LogP contribution in [0.25, 0.3) is 22.8 Å². The molecule has 2 bridgehead atoms. The summed E-state index contributed by atoms with van der Waals surface area (Å²) >= 11 is 0. The van der Waals surface area contributed by atoms with E-state index in [1.165, 1.54) is 24.4 Å². The van der Waals surface area contributed by atoms with E-state index in [0.717, 1.165) is 37.5 Å². The number of rotatable bonds is 5. The number of fused-ring (bicyclic) bond motifs is 2. The maximum Gasteiger partial charge on any atom is 0.269 e. The molecule has 184 valence electrons. The van der Waals surface area contributed by atoms with Crippen molar-refractivity contribution in [1.29, 1.82) is 0 Å². The van der Waals surface area contributed by atoms with Crippen molar-refractivity contribution < 1.29 is 27.1 Å². The van der Waals surface area contributed by atoms with Crippen LogP contribution in [0, 0.1) is 11.6 Å². The lowest BCUT2D eigenvalue weighted by molar-refractivity contribution is -0.00824. The lowest BCUT2D eigenvalue weighted by Gasteiger charge is -2.46. The third-order valence-electron chi connectivity index (χ3n) is 7.18. The number of alkyl halides is 2. The molecule has 1 fully saturated rings. The number of aliphatic hydroxyl groups is 1. The summed E-state index contributed by atoms with van der Waals surface area (Å²) in [6.45, 7) is 0. The van der Waals surface area contributed by atoms with Crippen LogP contribution in [0.2, 0.25) is 0 Å². The van der Waals surface area contributed by atoms with Crippen molar-refractivity contribution in [3.8, 4) is 22.8 Å². The first-order valence-corrected chi connectivity index (χ1v) is 11.4. The third-order valence-corrected chi connectivity index (χ3v) is 7.18. The molecule has 3 aliphatic carbocycles. The Kier molecular flexibility index (Phi) is 5.32. The second kappa shape index (κ2) is 8.44. The third kappa shape index (κ3) is 3.48. The van der Waals surface area contributed by atoms with Gasteiger partial charge >= 0.3 is 0 Å². The average Bonchev–Trinajstić information content (AvgIpc) is 3.39. The SMILES string of the molecule is O[C@H](c1coc(-c2cncc(C34CCC(CC3)c3cc(-c5c(F)cccc5F)nnc34)n2)n1)C(F)F. The number of oxazole rings is 1. The second-order valence-corrected chi connectivity index (χ2v) is 9.13. The molecule has 4 aromatic rings. The Balaban J connectivity index is 1.41. The van der Waals surface area contributed by atoms with Crippen molar-refractivity contribution in [1.82, 2.24) is 25.1 Å². The normalized spacial score (nSPS) is 21.6. The van der Waals surface area contributed by atoms with E-state index in [4.69, 9.17) is 4.42 Å². The lowest BCUT2D eigenvalue weighted by atomic mass is 9.58. The van der Waals surface area contributed by atoms with Crippen molar-refractivity contribution in [3.05, 3.63) is 77.2 Å². The van der Waals surface area contributed by atoms with Crippen LogP contribution in [0.4, 0.5) is 17.6 Å². The number of halogens is 4. The van der Waals surface area contributed by atoms with E-state index in [0.29, 0.717) is 11.4 Å². The van der Waals surface area contributed by atoms with Gasteiger partial charge < -0.3 is 9.52 Å². The second-order valence-electron chi connectivity index (χ2n) is 9.13. The number of hydrogen-bond donors (Lipinski definition) is 1. The highest BCUT2D eigenvalue weighted by Gasteiger charge is 2.49. The molecule has 1 N–H and O–H groups in total. The van der Waals surface area contributed by atoms with Crippen LogP contribution < -0.4 is 0 Å². The molecule has 7 nitrogen and oxygen atoms in total. The highest BCUT2D eigenvalue weighted by molar-refractivity contribution is 5.62. The quantitative estimate of drug-likeness (QED) is 0.382. The molecule has 0 unspecified atom stereocenters. The number of benzene rings is 1. The Hall–Kier alpha value is -3.73. The van der Waals surface area contributed by atoms with Crippen LogP contribution in [-0.2, 0) is 5.41 Å². The van der Waals surface area contributed by atoms with E-state index in [1.54, 1.807) is 12.3 Å². The molecule has 3 heterocycles. The Morgan fingerprint density at radius 2 is 1.75 bits per heavy atom. The van der Waals surface area contributed by atoms with Crippen molar-refractivity contribution in [2.24, 2.45) is 0 Å². The van der Waals surface area contributed by atoms with Crippen LogP contribution in [-0.4, -0.2) is 36.7 Å². The maximum atomic E-state index is 14.4. The highest BCUT2D eigenvalue weighted by atomic mass is 19.3. The smallest absolute Gasteiger partial charge is 0.269 e. The first kappa shape index (κ1) is 22.7. The fourth-order valence-corrected chi connectivity index (χ4v) is 5.36. The molecule has 0 radical (unpaired) electrons. The zero-order valence-corrected chi connectivity index (χ0v) is 18.7. The molecule has 7 rings (SSSR count). The largest absolute Gasteiger partial charge is 0.443 e. The molecule has 0 saturated heterocycles. The van der Waals surface area contributed by atoms with Gasteiger partial charge in [0.25, 0.3) is 6.43 Å². The van der Waals surface area contributed by atoms with Crippen molar-refractivity contribution in [2.75, 3.05) is 0 Å². The van der Waals surface area contributed by atoms with Gasteiger partial charge in [0.1, 0.15) is 29.3 Å². The zero-order chi connectivity index (χ0) is 25.0. The number of hydrogen-bond acceptors (Lipinski definition) is 7. The minimum atomic E-state index is -3.01. The van der Waals surface area contributed by atoms with E-state index >= 15 is 0 Å². The van der Waals surface area contributed by atoms with Crippen molar-refractivity contribution in [3.63, 3.8) is 0 Å². The topological polar surface area (TPSA) is 97.8 Å². The summed E-state index contributed by atoms with van der Waals surface area (Å²) in [5, 5.41) is 18.2. The Morgan fingerprint density at radius 3 is 2.47 bits per heavy atom. The predicted octanol–water partition coefficient (Wildman–Crippen LogP) is 5.12. The summed E-state index contributed by atoms with van der Waals surface area (Å²) in [5.74, 6) is -1.27. The maximum absolute atomic E-state index is 14.4. The molecule has 11 heteroatoms. The molecule has 0 amide bonds.